The summed E-state index contributed by atoms with van der Waals surface area (Å²) in [6.07, 6.45) is 2.15. The van der Waals surface area contributed by atoms with E-state index in [0.29, 0.717) is 5.41 Å². The molecule has 3 heterocycles. The average molecular weight is 279 g/mol. The van der Waals surface area contributed by atoms with Gasteiger partial charge in [0.25, 0.3) is 5.88 Å². The van der Waals surface area contributed by atoms with Gasteiger partial charge in [-0.3, -0.25) is 10.1 Å². The van der Waals surface area contributed by atoms with Crippen molar-refractivity contribution in [1.29, 1.82) is 0 Å². The molecule has 1 aromatic heterocycles. The van der Waals surface area contributed by atoms with Crippen LogP contribution < -0.4 is 9.64 Å². The minimum absolute atomic E-state index is 0.0698. The van der Waals surface area contributed by atoms with E-state index in [4.69, 9.17) is 9.47 Å². The van der Waals surface area contributed by atoms with Gasteiger partial charge in [-0.05, 0) is 18.9 Å². The summed E-state index contributed by atoms with van der Waals surface area (Å²) >= 11 is 0. The first-order valence-electron chi connectivity index (χ1n) is 6.66. The first kappa shape index (κ1) is 13.1. The molecular formula is C13H17N3O4. The van der Waals surface area contributed by atoms with Crippen LogP contribution in [0.3, 0.4) is 0 Å². The fraction of sp³-hybridized carbons (Fsp3) is 0.615. The Morgan fingerprint density at radius 1 is 1.40 bits per heavy atom. The number of nitro groups is 1. The molecule has 0 bridgehead atoms. The highest BCUT2D eigenvalue weighted by Crippen LogP contribution is 2.42. The van der Waals surface area contributed by atoms with Crippen LogP contribution in [0.25, 0.3) is 0 Å². The third-order valence-electron chi connectivity index (χ3n) is 4.15. The molecule has 0 atom stereocenters. The lowest BCUT2D eigenvalue weighted by Gasteiger charge is -2.52. The summed E-state index contributed by atoms with van der Waals surface area (Å²) in [6.45, 7) is 3.52. The topological polar surface area (TPSA) is 77.7 Å². The molecule has 2 aliphatic rings. The van der Waals surface area contributed by atoms with E-state index < -0.39 is 4.92 Å². The van der Waals surface area contributed by atoms with Gasteiger partial charge in [-0.2, -0.15) is 4.98 Å². The molecule has 108 valence electrons. The molecule has 0 radical (unpaired) electrons. The molecule has 3 rings (SSSR count). The molecule has 1 aromatic rings. The predicted molar refractivity (Wildman–Crippen MR) is 72.1 cm³/mol. The molecule has 0 unspecified atom stereocenters. The minimum Gasteiger partial charge on any atom is -0.476 e. The van der Waals surface area contributed by atoms with Crippen molar-refractivity contribution in [2.24, 2.45) is 5.41 Å². The van der Waals surface area contributed by atoms with E-state index in [1.807, 2.05) is 0 Å². The zero-order valence-electron chi connectivity index (χ0n) is 11.4. The Morgan fingerprint density at radius 2 is 2.10 bits per heavy atom. The van der Waals surface area contributed by atoms with Crippen molar-refractivity contribution in [2.75, 3.05) is 38.3 Å². The van der Waals surface area contributed by atoms with Crippen LogP contribution in [0.15, 0.2) is 12.1 Å². The van der Waals surface area contributed by atoms with Crippen LogP contribution in [0.4, 0.5) is 11.5 Å². The smallest absolute Gasteiger partial charge is 0.331 e. The van der Waals surface area contributed by atoms with Gasteiger partial charge in [-0.15, -0.1) is 0 Å². The van der Waals surface area contributed by atoms with Crippen LogP contribution in [0.5, 0.6) is 5.88 Å². The molecule has 20 heavy (non-hydrogen) atoms. The second-order valence-electron chi connectivity index (χ2n) is 5.42. The van der Waals surface area contributed by atoms with Gasteiger partial charge >= 0.3 is 5.69 Å². The monoisotopic (exact) mass is 279 g/mol. The van der Waals surface area contributed by atoms with Crippen molar-refractivity contribution in [1.82, 2.24) is 4.98 Å². The number of ether oxygens (including phenoxy) is 2. The third kappa shape index (κ3) is 2.18. The summed E-state index contributed by atoms with van der Waals surface area (Å²) < 4.78 is 10.4. The highest BCUT2D eigenvalue weighted by atomic mass is 16.6. The Labute approximate surface area is 116 Å². The molecule has 1 spiro atoms. The number of hydrogen-bond donors (Lipinski definition) is 0. The Morgan fingerprint density at radius 3 is 2.70 bits per heavy atom. The largest absolute Gasteiger partial charge is 0.476 e. The van der Waals surface area contributed by atoms with E-state index in [1.165, 1.54) is 13.2 Å². The van der Waals surface area contributed by atoms with E-state index in [2.05, 4.69) is 9.88 Å². The molecule has 7 heteroatoms. The van der Waals surface area contributed by atoms with Gasteiger partial charge in [0.2, 0.25) is 0 Å². The van der Waals surface area contributed by atoms with Crippen molar-refractivity contribution in [2.45, 2.75) is 12.8 Å². The molecule has 2 fully saturated rings. The summed E-state index contributed by atoms with van der Waals surface area (Å²) in [5, 5.41) is 10.8. The second kappa shape index (κ2) is 4.90. The standard InChI is InChI=1S/C13H17N3O4/c1-19-12-10(16(17)18)2-3-11(14-12)15-8-13(9-15)4-6-20-7-5-13/h2-3H,4-9H2,1H3. The maximum Gasteiger partial charge on any atom is 0.331 e. The summed E-state index contributed by atoms with van der Waals surface area (Å²) in [7, 11) is 1.40. The van der Waals surface area contributed by atoms with E-state index in [-0.39, 0.29) is 11.6 Å². The molecule has 2 aliphatic heterocycles. The number of hydrogen-bond acceptors (Lipinski definition) is 6. The van der Waals surface area contributed by atoms with E-state index in [0.717, 1.165) is 45.0 Å². The first-order valence-corrected chi connectivity index (χ1v) is 6.66. The van der Waals surface area contributed by atoms with Crippen LogP contribution in [0.1, 0.15) is 12.8 Å². The normalized spacial score (nSPS) is 20.6. The SMILES string of the molecule is COc1nc(N2CC3(CCOCC3)C2)ccc1[N+](=O)[O-]. The van der Waals surface area contributed by atoms with Crippen molar-refractivity contribution >= 4 is 11.5 Å². The molecule has 0 N–H and O–H groups in total. The van der Waals surface area contributed by atoms with Crippen LogP contribution in [-0.2, 0) is 4.74 Å². The first-order chi connectivity index (χ1) is 9.63. The number of anilines is 1. The zero-order chi connectivity index (χ0) is 14.2. The van der Waals surface area contributed by atoms with E-state index in [1.54, 1.807) is 6.07 Å². The molecule has 0 saturated carbocycles. The average Bonchev–Trinajstić information content (AvgIpc) is 2.44. The number of aromatic nitrogens is 1. The van der Waals surface area contributed by atoms with Gasteiger partial charge in [-0.1, -0.05) is 0 Å². The quantitative estimate of drug-likeness (QED) is 0.618. The Balaban J connectivity index is 1.74. The summed E-state index contributed by atoms with van der Waals surface area (Å²) in [6, 6.07) is 3.14. The van der Waals surface area contributed by atoms with Crippen molar-refractivity contribution < 1.29 is 14.4 Å². The Bertz CT molecular complexity index is 520. The van der Waals surface area contributed by atoms with Crippen molar-refractivity contribution in [3.05, 3.63) is 22.2 Å². The maximum atomic E-state index is 10.8. The minimum atomic E-state index is -0.480. The molecular weight excluding hydrogens is 262 g/mol. The van der Waals surface area contributed by atoms with Crippen LogP contribution in [-0.4, -0.2) is 43.3 Å². The number of rotatable bonds is 3. The fourth-order valence-corrected chi connectivity index (χ4v) is 2.93. The zero-order valence-corrected chi connectivity index (χ0v) is 11.4. The lowest BCUT2D eigenvalue weighted by atomic mass is 9.73. The maximum absolute atomic E-state index is 10.8. The summed E-state index contributed by atoms with van der Waals surface area (Å²) in [5.74, 6) is 0.810. The predicted octanol–water partition coefficient (Wildman–Crippen LogP) is 1.62. The highest BCUT2D eigenvalue weighted by Gasteiger charge is 2.44. The summed E-state index contributed by atoms with van der Waals surface area (Å²) in [5.41, 5.74) is 0.243. The van der Waals surface area contributed by atoms with Gasteiger partial charge in [0.15, 0.2) is 0 Å². The molecule has 0 aromatic carbocycles. The Hall–Kier alpha value is -1.89. The van der Waals surface area contributed by atoms with Crippen molar-refractivity contribution in [3.63, 3.8) is 0 Å². The van der Waals surface area contributed by atoms with Crippen LogP contribution >= 0.6 is 0 Å². The molecule has 0 aliphatic carbocycles. The van der Waals surface area contributed by atoms with Gasteiger partial charge in [0.1, 0.15) is 5.82 Å². The van der Waals surface area contributed by atoms with Crippen molar-refractivity contribution in [3.8, 4) is 5.88 Å². The lowest BCUT2D eigenvalue weighted by molar-refractivity contribution is -0.386. The lowest BCUT2D eigenvalue weighted by Crippen LogP contribution is -2.58. The van der Waals surface area contributed by atoms with E-state index >= 15 is 0 Å². The number of nitrogens with zero attached hydrogens (tertiary/aromatic N) is 3. The van der Waals surface area contributed by atoms with Gasteiger partial charge in [0.05, 0.1) is 12.0 Å². The Kier molecular flexibility index (Phi) is 3.21. The van der Waals surface area contributed by atoms with Gasteiger partial charge in [-0.25, -0.2) is 0 Å². The molecule has 0 amide bonds. The second-order valence-corrected chi connectivity index (χ2v) is 5.42. The van der Waals surface area contributed by atoms with Gasteiger partial charge in [0, 0.05) is 37.8 Å². The third-order valence-corrected chi connectivity index (χ3v) is 4.15. The fourth-order valence-electron chi connectivity index (χ4n) is 2.93. The van der Waals surface area contributed by atoms with E-state index in [9.17, 15) is 10.1 Å². The molecule has 7 nitrogen and oxygen atoms in total. The number of methoxy groups -OCH3 is 1. The van der Waals surface area contributed by atoms with Gasteiger partial charge < -0.3 is 14.4 Å². The van der Waals surface area contributed by atoms with Crippen LogP contribution in [0, 0.1) is 15.5 Å². The summed E-state index contributed by atoms with van der Waals surface area (Å²) in [4.78, 5) is 16.7. The van der Waals surface area contributed by atoms with Crippen LogP contribution in [0.2, 0.25) is 0 Å². The highest BCUT2D eigenvalue weighted by molar-refractivity contribution is 5.52. The molecule has 2 saturated heterocycles. The number of pyridine rings is 1.